The zero-order valence-corrected chi connectivity index (χ0v) is 20.6. The van der Waals surface area contributed by atoms with Crippen LogP contribution in [0, 0.1) is 0 Å². The van der Waals surface area contributed by atoms with Gasteiger partial charge in [0.05, 0.1) is 11.8 Å². The molecule has 1 fully saturated rings. The van der Waals surface area contributed by atoms with Gasteiger partial charge in [-0.05, 0) is 22.8 Å². The molecule has 0 unspecified atom stereocenters. The number of ether oxygens (including phenoxy) is 1. The first kappa shape index (κ1) is 25.5. The maximum atomic E-state index is 12.9. The van der Waals surface area contributed by atoms with Crippen LogP contribution in [-0.2, 0) is 19.3 Å². The fraction of sp³-hybridized carbons (Fsp3) is 0.241. The molecule has 0 bridgehead atoms. The highest BCUT2D eigenvalue weighted by Gasteiger charge is 2.33. The second-order valence-corrected chi connectivity index (χ2v) is 9.18. The van der Waals surface area contributed by atoms with Crippen LogP contribution >= 0.6 is 0 Å². The van der Waals surface area contributed by atoms with Crippen molar-refractivity contribution in [3.63, 3.8) is 0 Å². The zero-order valence-electron chi connectivity index (χ0n) is 20.6. The van der Waals surface area contributed by atoms with Crippen LogP contribution in [-0.4, -0.2) is 51.8 Å². The lowest BCUT2D eigenvalue weighted by Crippen LogP contribution is -2.49. The summed E-state index contributed by atoms with van der Waals surface area (Å²) in [7, 11) is 0. The molecule has 1 aromatic heterocycles. The Morgan fingerprint density at radius 1 is 0.868 bits per heavy atom. The van der Waals surface area contributed by atoms with Gasteiger partial charge in [0.2, 0.25) is 0 Å². The Morgan fingerprint density at radius 2 is 1.55 bits per heavy atom. The summed E-state index contributed by atoms with van der Waals surface area (Å²) in [5.41, 5.74) is 3.32. The van der Waals surface area contributed by atoms with Gasteiger partial charge in [0.1, 0.15) is 12.4 Å². The molecule has 196 valence electrons. The Labute approximate surface area is 218 Å². The van der Waals surface area contributed by atoms with Gasteiger partial charge < -0.3 is 9.64 Å². The lowest BCUT2D eigenvalue weighted by molar-refractivity contribution is -0.137. The summed E-state index contributed by atoms with van der Waals surface area (Å²) in [5, 5.41) is 3.61. The van der Waals surface area contributed by atoms with E-state index in [1.165, 1.54) is 4.90 Å². The molecule has 38 heavy (non-hydrogen) atoms. The van der Waals surface area contributed by atoms with E-state index in [0.29, 0.717) is 45.5 Å². The van der Waals surface area contributed by atoms with Gasteiger partial charge in [-0.15, -0.1) is 0 Å². The van der Waals surface area contributed by atoms with Crippen molar-refractivity contribution in [1.82, 2.24) is 19.6 Å². The maximum Gasteiger partial charge on any atom is 0.419 e. The second-order valence-electron chi connectivity index (χ2n) is 9.18. The maximum absolute atomic E-state index is 12.9. The van der Waals surface area contributed by atoms with Crippen LogP contribution in [0.1, 0.15) is 16.7 Å². The molecule has 2 heterocycles. The van der Waals surface area contributed by atoms with Crippen molar-refractivity contribution in [2.75, 3.05) is 26.2 Å². The van der Waals surface area contributed by atoms with E-state index < -0.39 is 17.8 Å². The molecule has 6 nitrogen and oxygen atoms in total. The third kappa shape index (κ3) is 6.06. The van der Waals surface area contributed by atoms with E-state index in [2.05, 4.69) is 40.3 Å². The Bertz CT molecular complexity index is 1370. The molecule has 1 aliphatic rings. The van der Waals surface area contributed by atoms with Gasteiger partial charge in [0, 0.05) is 44.5 Å². The number of benzene rings is 3. The SMILES string of the molecule is O=C(N1CCN(Cc2ccc(-c3ccccc3)cc2OCc2ccccc2)CC1)n1cc(C(F)(F)F)cn1. The van der Waals surface area contributed by atoms with E-state index in [-0.39, 0.29) is 0 Å². The zero-order chi connectivity index (χ0) is 26.5. The van der Waals surface area contributed by atoms with Gasteiger partial charge in [-0.1, -0.05) is 72.8 Å². The van der Waals surface area contributed by atoms with Gasteiger partial charge in [0.15, 0.2) is 0 Å². The summed E-state index contributed by atoms with van der Waals surface area (Å²) >= 11 is 0. The smallest absolute Gasteiger partial charge is 0.419 e. The molecule has 1 saturated heterocycles. The molecule has 0 radical (unpaired) electrons. The number of carbonyl (C=O) groups excluding carboxylic acids is 1. The summed E-state index contributed by atoms with van der Waals surface area (Å²) in [6.07, 6.45) is -3.13. The number of carbonyl (C=O) groups is 1. The molecule has 4 aromatic rings. The lowest BCUT2D eigenvalue weighted by atomic mass is 10.0. The molecule has 0 N–H and O–H groups in total. The van der Waals surface area contributed by atoms with E-state index >= 15 is 0 Å². The van der Waals surface area contributed by atoms with Gasteiger partial charge in [-0.2, -0.15) is 23.0 Å². The van der Waals surface area contributed by atoms with Crippen molar-refractivity contribution < 1.29 is 22.7 Å². The van der Waals surface area contributed by atoms with Crippen LogP contribution < -0.4 is 4.74 Å². The van der Waals surface area contributed by atoms with E-state index in [9.17, 15) is 18.0 Å². The molecule has 1 amide bonds. The van der Waals surface area contributed by atoms with Crippen molar-refractivity contribution in [3.8, 4) is 16.9 Å². The Kier molecular flexibility index (Phi) is 7.46. The number of hydrogen-bond donors (Lipinski definition) is 0. The van der Waals surface area contributed by atoms with Gasteiger partial charge in [0.25, 0.3) is 0 Å². The number of halogens is 3. The van der Waals surface area contributed by atoms with Crippen molar-refractivity contribution >= 4 is 6.03 Å². The number of piperazine rings is 1. The van der Waals surface area contributed by atoms with E-state index in [0.717, 1.165) is 38.9 Å². The predicted molar refractivity (Wildman–Crippen MR) is 138 cm³/mol. The fourth-order valence-corrected chi connectivity index (χ4v) is 4.42. The van der Waals surface area contributed by atoms with Crippen molar-refractivity contribution in [3.05, 3.63) is 108 Å². The minimum atomic E-state index is -4.53. The predicted octanol–water partition coefficient (Wildman–Crippen LogP) is 5.93. The third-order valence-corrected chi connectivity index (χ3v) is 6.55. The minimum absolute atomic E-state index is 0.391. The monoisotopic (exact) mass is 520 g/mol. The number of aromatic nitrogens is 2. The molecule has 9 heteroatoms. The number of hydrogen-bond acceptors (Lipinski definition) is 4. The molecular weight excluding hydrogens is 493 g/mol. The summed E-state index contributed by atoms with van der Waals surface area (Å²) < 4.78 is 45.7. The molecular formula is C29H27F3N4O2. The normalized spacial score (nSPS) is 14.4. The lowest BCUT2D eigenvalue weighted by Gasteiger charge is -2.34. The van der Waals surface area contributed by atoms with Crippen molar-refractivity contribution in [2.45, 2.75) is 19.3 Å². The van der Waals surface area contributed by atoms with Gasteiger partial charge >= 0.3 is 12.2 Å². The third-order valence-electron chi connectivity index (χ3n) is 6.55. The van der Waals surface area contributed by atoms with Crippen LogP contribution in [0.4, 0.5) is 18.0 Å². The summed E-state index contributed by atoms with van der Waals surface area (Å²) in [4.78, 5) is 16.4. The molecule has 3 aromatic carbocycles. The van der Waals surface area contributed by atoms with Crippen LogP contribution in [0.3, 0.4) is 0 Å². The Balaban J connectivity index is 1.26. The number of amides is 1. The molecule has 5 rings (SSSR count). The van der Waals surface area contributed by atoms with E-state index in [4.69, 9.17) is 4.74 Å². The number of rotatable bonds is 6. The molecule has 0 aliphatic carbocycles. The van der Waals surface area contributed by atoms with Crippen molar-refractivity contribution in [2.24, 2.45) is 0 Å². The quantitative estimate of drug-likeness (QED) is 0.316. The number of nitrogens with zero attached hydrogens (tertiary/aromatic N) is 4. The molecule has 0 spiro atoms. The molecule has 0 atom stereocenters. The molecule has 1 aliphatic heterocycles. The average Bonchev–Trinajstić information content (AvgIpc) is 3.45. The standard InChI is InChI=1S/C29H27F3N4O2/c30-29(31,32)26-18-33-36(20-26)28(37)35-15-13-34(14-16-35)19-25-12-11-24(23-9-5-2-6-10-23)17-27(25)38-21-22-7-3-1-4-8-22/h1-12,17-18,20H,13-16,19,21H2. The Hall–Kier alpha value is -4.11. The second kappa shape index (κ2) is 11.1. The first-order chi connectivity index (χ1) is 18.4. The summed E-state index contributed by atoms with van der Waals surface area (Å²) in [5.74, 6) is 0.796. The van der Waals surface area contributed by atoms with Gasteiger partial charge in [-0.25, -0.2) is 4.79 Å². The topological polar surface area (TPSA) is 50.6 Å². The minimum Gasteiger partial charge on any atom is -0.489 e. The van der Waals surface area contributed by atoms with E-state index in [1.807, 2.05) is 48.5 Å². The van der Waals surface area contributed by atoms with Crippen molar-refractivity contribution in [1.29, 1.82) is 0 Å². The number of alkyl halides is 3. The highest BCUT2D eigenvalue weighted by atomic mass is 19.4. The van der Waals surface area contributed by atoms with Crippen LogP contribution in [0.25, 0.3) is 11.1 Å². The first-order valence-corrected chi connectivity index (χ1v) is 12.4. The van der Waals surface area contributed by atoms with Crippen LogP contribution in [0.2, 0.25) is 0 Å². The highest BCUT2D eigenvalue weighted by Crippen LogP contribution is 2.30. The first-order valence-electron chi connectivity index (χ1n) is 12.4. The largest absolute Gasteiger partial charge is 0.489 e. The average molecular weight is 521 g/mol. The Morgan fingerprint density at radius 3 is 2.21 bits per heavy atom. The van der Waals surface area contributed by atoms with E-state index in [1.54, 1.807) is 0 Å². The molecule has 0 saturated carbocycles. The summed E-state index contributed by atoms with van der Waals surface area (Å²) in [6, 6.07) is 25.7. The van der Waals surface area contributed by atoms with Gasteiger partial charge in [-0.3, -0.25) is 4.90 Å². The highest BCUT2D eigenvalue weighted by molar-refractivity contribution is 5.76. The van der Waals surface area contributed by atoms with Crippen LogP contribution in [0.5, 0.6) is 5.75 Å². The fourth-order valence-electron chi connectivity index (χ4n) is 4.42. The summed E-state index contributed by atoms with van der Waals surface area (Å²) in [6.45, 7) is 3.01. The van der Waals surface area contributed by atoms with Crippen LogP contribution in [0.15, 0.2) is 91.3 Å².